The van der Waals surface area contributed by atoms with Gasteiger partial charge in [-0.3, -0.25) is 0 Å². The fourth-order valence-corrected chi connectivity index (χ4v) is 5.08. The van der Waals surface area contributed by atoms with E-state index in [9.17, 15) is 0 Å². The maximum absolute atomic E-state index is 4.21. The van der Waals surface area contributed by atoms with E-state index >= 15 is 0 Å². The molecule has 0 amide bonds. The lowest BCUT2D eigenvalue weighted by Crippen LogP contribution is -2.15. The van der Waals surface area contributed by atoms with Crippen LogP contribution in [0.2, 0.25) is 0 Å². The van der Waals surface area contributed by atoms with Gasteiger partial charge >= 0.3 is 0 Å². The van der Waals surface area contributed by atoms with Gasteiger partial charge in [0, 0.05) is 0 Å². The summed E-state index contributed by atoms with van der Waals surface area (Å²) in [4.78, 5) is 0. The molecule has 0 nitrogen and oxygen atoms in total. The molecule has 4 rings (SSSR count). The van der Waals surface area contributed by atoms with Crippen molar-refractivity contribution < 1.29 is 0 Å². The zero-order valence-electron chi connectivity index (χ0n) is 15.3. The Labute approximate surface area is 148 Å². The SMILES string of the molecule is C=C1CC12CCC(/C=C/C1CCC(c3ccc(C)cc3)CC1)CC2. The van der Waals surface area contributed by atoms with E-state index in [-0.39, 0.29) is 0 Å². The van der Waals surface area contributed by atoms with Gasteiger partial charge in [0.25, 0.3) is 0 Å². The smallest absolute Gasteiger partial charge is 0.00528 e. The summed E-state index contributed by atoms with van der Waals surface area (Å²) >= 11 is 0. The van der Waals surface area contributed by atoms with Crippen LogP contribution in [0.3, 0.4) is 0 Å². The lowest BCUT2D eigenvalue weighted by Gasteiger charge is -2.29. The highest BCUT2D eigenvalue weighted by Crippen LogP contribution is 2.61. The van der Waals surface area contributed by atoms with Crippen molar-refractivity contribution >= 4 is 0 Å². The molecule has 3 saturated carbocycles. The number of benzene rings is 1. The van der Waals surface area contributed by atoms with E-state index in [4.69, 9.17) is 0 Å². The number of hydrogen-bond acceptors (Lipinski definition) is 0. The molecule has 1 aromatic rings. The predicted molar refractivity (Wildman–Crippen MR) is 103 cm³/mol. The zero-order valence-corrected chi connectivity index (χ0v) is 15.3. The van der Waals surface area contributed by atoms with Crippen LogP contribution in [0.5, 0.6) is 0 Å². The molecule has 3 fully saturated rings. The molecule has 3 aliphatic carbocycles. The number of rotatable bonds is 3. The van der Waals surface area contributed by atoms with Crippen LogP contribution in [0, 0.1) is 24.2 Å². The molecule has 0 saturated heterocycles. The van der Waals surface area contributed by atoms with Crippen molar-refractivity contribution in [2.75, 3.05) is 0 Å². The highest BCUT2D eigenvalue weighted by atomic mass is 14.5. The fourth-order valence-electron chi connectivity index (χ4n) is 5.08. The van der Waals surface area contributed by atoms with Gasteiger partial charge in [-0.05, 0) is 93.4 Å². The average Bonchev–Trinajstić information content (AvgIpc) is 3.24. The molecule has 0 atom stereocenters. The minimum absolute atomic E-state index is 0.608. The Morgan fingerprint density at radius 1 is 0.875 bits per heavy atom. The van der Waals surface area contributed by atoms with E-state index in [1.165, 1.54) is 63.4 Å². The molecule has 0 N–H and O–H groups in total. The van der Waals surface area contributed by atoms with Gasteiger partial charge in [0.05, 0.1) is 0 Å². The highest BCUT2D eigenvalue weighted by Gasteiger charge is 2.48. The van der Waals surface area contributed by atoms with Gasteiger partial charge in [-0.15, -0.1) is 0 Å². The van der Waals surface area contributed by atoms with Crippen molar-refractivity contribution in [3.8, 4) is 0 Å². The quantitative estimate of drug-likeness (QED) is 0.528. The van der Waals surface area contributed by atoms with Crippen molar-refractivity contribution in [1.82, 2.24) is 0 Å². The van der Waals surface area contributed by atoms with Crippen LogP contribution in [0.1, 0.15) is 74.8 Å². The second-order valence-corrected chi connectivity index (χ2v) is 8.81. The summed E-state index contributed by atoms with van der Waals surface area (Å²) < 4.78 is 0. The van der Waals surface area contributed by atoms with E-state index in [0.717, 1.165) is 17.8 Å². The molecule has 0 heterocycles. The van der Waals surface area contributed by atoms with Crippen LogP contribution in [0.25, 0.3) is 0 Å². The normalized spacial score (nSPS) is 36.4. The maximum Gasteiger partial charge on any atom is -0.00528 e. The van der Waals surface area contributed by atoms with E-state index in [2.05, 4.69) is 49.9 Å². The maximum atomic E-state index is 4.21. The predicted octanol–water partition coefficient (Wildman–Crippen LogP) is 6.96. The molecular formula is C24H32. The van der Waals surface area contributed by atoms with Gasteiger partial charge in [-0.2, -0.15) is 0 Å². The third-order valence-corrected chi connectivity index (χ3v) is 7.14. The van der Waals surface area contributed by atoms with Crippen LogP contribution in [0.15, 0.2) is 48.6 Å². The second-order valence-electron chi connectivity index (χ2n) is 8.81. The largest absolute Gasteiger partial charge is 0.0993 e. The van der Waals surface area contributed by atoms with Gasteiger partial charge in [0.15, 0.2) is 0 Å². The highest BCUT2D eigenvalue weighted by molar-refractivity contribution is 5.30. The summed E-state index contributed by atoms with van der Waals surface area (Å²) in [6.45, 7) is 6.39. The van der Waals surface area contributed by atoms with Crippen molar-refractivity contribution in [3.63, 3.8) is 0 Å². The van der Waals surface area contributed by atoms with Gasteiger partial charge < -0.3 is 0 Å². The molecular weight excluding hydrogens is 288 g/mol. The minimum atomic E-state index is 0.608. The summed E-state index contributed by atoms with van der Waals surface area (Å²) in [7, 11) is 0. The van der Waals surface area contributed by atoms with Crippen LogP contribution in [-0.4, -0.2) is 0 Å². The average molecular weight is 321 g/mol. The van der Waals surface area contributed by atoms with Gasteiger partial charge in [-0.25, -0.2) is 0 Å². The van der Waals surface area contributed by atoms with E-state index < -0.39 is 0 Å². The van der Waals surface area contributed by atoms with Crippen molar-refractivity contribution in [2.24, 2.45) is 17.3 Å². The van der Waals surface area contributed by atoms with Crippen molar-refractivity contribution in [3.05, 3.63) is 59.7 Å². The summed E-state index contributed by atoms with van der Waals surface area (Å²) in [6, 6.07) is 9.23. The fraction of sp³-hybridized carbons (Fsp3) is 0.583. The lowest BCUT2D eigenvalue weighted by molar-refractivity contribution is 0.302. The van der Waals surface area contributed by atoms with Gasteiger partial charge in [0.1, 0.15) is 0 Å². The molecule has 0 heteroatoms. The van der Waals surface area contributed by atoms with Crippen LogP contribution in [0.4, 0.5) is 0 Å². The van der Waals surface area contributed by atoms with Crippen LogP contribution in [-0.2, 0) is 0 Å². The first-order chi connectivity index (χ1) is 11.6. The molecule has 1 aromatic carbocycles. The molecule has 0 aliphatic heterocycles. The molecule has 0 radical (unpaired) electrons. The van der Waals surface area contributed by atoms with Gasteiger partial charge in [-0.1, -0.05) is 54.1 Å². The number of aryl methyl sites for hydroxylation is 1. The molecule has 0 bridgehead atoms. The molecule has 1 spiro atoms. The summed E-state index contributed by atoms with van der Waals surface area (Å²) in [5, 5.41) is 0. The van der Waals surface area contributed by atoms with Gasteiger partial charge in [0.2, 0.25) is 0 Å². The third kappa shape index (κ3) is 3.39. The first kappa shape index (κ1) is 16.2. The zero-order chi connectivity index (χ0) is 16.6. The number of hydrogen-bond donors (Lipinski definition) is 0. The summed E-state index contributed by atoms with van der Waals surface area (Å²) in [5.74, 6) is 2.47. The molecule has 0 aromatic heterocycles. The minimum Gasteiger partial charge on any atom is -0.0993 e. The Hall–Kier alpha value is -1.30. The van der Waals surface area contributed by atoms with Crippen molar-refractivity contribution in [2.45, 2.75) is 70.6 Å². The van der Waals surface area contributed by atoms with Crippen LogP contribution < -0.4 is 0 Å². The first-order valence-corrected chi connectivity index (χ1v) is 10.1. The third-order valence-electron chi connectivity index (χ3n) is 7.14. The standard InChI is InChI=1S/C24H32/c1-18-3-9-22(10-4-18)23-11-7-20(8-12-23)5-6-21-13-15-24(16-14-21)17-19(24)2/h3-6,9-10,20-21,23H,2,7-8,11-17H2,1H3/b6-5+. The first-order valence-electron chi connectivity index (χ1n) is 10.1. The Kier molecular flexibility index (Phi) is 4.41. The molecule has 3 aliphatic rings. The van der Waals surface area contributed by atoms with E-state index in [1.807, 2.05) is 0 Å². The number of allylic oxidation sites excluding steroid dienone is 3. The van der Waals surface area contributed by atoms with Crippen LogP contribution >= 0.6 is 0 Å². The topological polar surface area (TPSA) is 0 Å². The summed E-state index contributed by atoms with van der Waals surface area (Å²) in [5.41, 5.74) is 5.08. The van der Waals surface area contributed by atoms with E-state index in [1.54, 1.807) is 11.1 Å². The Morgan fingerprint density at radius 3 is 1.96 bits per heavy atom. The molecule has 24 heavy (non-hydrogen) atoms. The molecule has 0 unspecified atom stereocenters. The Bertz CT molecular complexity index is 602. The van der Waals surface area contributed by atoms with Crippen molar-refractivity contribution in [1.29, 1.82) is 0 Å². The Morgan fingerprint density at radius 2 is 1.42 bits per heavy atom. The Balaban J connectivity index is 1.24. The van der Waals surface area contributed by atoms with E-state index in [0.29, 0.717) is 5.41 Å². The summed E-state index contributed by atoms with van der Waals surface area (Å²) in [6.07, 6.45) is 17.6. The lowest BCUT2D eigenvalue weighted by atomic mass is 9.76. The molecule has 128 valence electrons. The second kappa shape index (κ2) is 6.54. The monoisotopic (exact) mass is 320 g/mol.